The van der Waals surface area contributed by atoms with Gasteiger partial charge in [-0.3, -0.25) is 9.59 Å². The van der Waals surface area contributed by atoms with Gasteiger partial charge in [-0.15, -0.1) is 0 Å². The van der Waals surface area contributed by atoms with E-state index in [0.29, 0.717) is 0 Å². The lowest BCUT2D eigenvalue weighted by molar-refractivity contribution is -0.164. The van der Waals surface area contributed by atoms with Crippen LogP contribution in [0, 0.1) is 5.41 Å². The predicted octanol–water partition coefficient (Wildman–Crippen LogP) is 3.87. The van der Waals surface area contributed by atoms with Gasteiger partial charge in [-0.25, -0.2) is 9.59 Å². The highest BCUT2D eigenvalue weighted by atomic mass is 16.6. The summed E-state index contributed by atoms with van der Waals surface area (Å²) in [5.74, 6) is -3.25. The van der Waals surface area contributed by atoms with Gasteiger partial charge in [0, 0.05) is 5.92 Å². The van der Waals surface area contributed by atoms with Crippen molar-refractivity contribution in [1.82, 2.24) is 5.32 Å². The summed E-state index contributed by atoms with van der Waals surface area (Å²) in [5, 5.41) is 11.2. The highest BCUT2D eigenvalue weighted by Gasteiger charge is 2.36. The molecule has 8 nitrogen and oxygen atoms in total. The molecular formula is C25H27NO7. The van der Waals surface area contributed by atoms with Crippen LogP contribution in [0.15, 0.2) is 48.5 Å². The van der Waals surface area contributed by atoms with E-state index in [2.05, 4.69) is 5.32 Å². The number of alkyl carbamates (subject to hydrolysis) is 1. The number of aliphatic carboxylic acids is 1. The Bertz CT molecular complexity index is 1020. The number of fused-ring (bicyclic) bond motifs is 3. The number of hydrogen-bond acceptors (Lipinski definition) is 6. The molecule has 0 spiro atoms. The molecule has 3 rings (SSSR count). The van der Waals surface area contributed by atoms with E-state index in [1.54, 1.807) is 20.8 Å². The third-order valence-corrected chi connectivity index (χ3v) is 5.47. The minimum absolute atomic E-state index is 0.0727. The van der Waals surface area contributed by atoms with Gasteiger partial charge in [0.1, 0.15) is 12.6 Å². The minimum Gasteiger partial charge on any atom is -0.481 e. The van der Waals surface area contributed by atoms with E-state index in [1.165, 1.54) is 0 Å². The third kappa shape index (κ3) is 5.77. The van der Waals surface area contributed by atoms with Crippen molar-refractivity contribution in [3.63, 3.8) is 0 Å². The summed E-state index contributed by atoms with van der Waals surface area (Å²) in [7, 11) is 0. The van der Waals surface area contributed by atoms with E-state index in [1.807, 2.05) is 48.5 Å². The zero-order valence-electron chi connectivity index (χ0n) is 18.8. The second kappa shape index (κ2) is 9.85. The first-order valence-electron chi connectivity index (χ1n) is 10.7. The number of carboxylic acids is 1. The molecule has 0 aromatic heterocycles. The molecule has 0 bridgehead atoms. The van der Waals surface area contributed by atoms with E-state index >= 15 is 0 Å². The number of rotatable bonds is 7. The Morgan fingerprint density at radius 2 is 1.48 bits per heavy atom. The fourth-order valence-corrected chi connectivity index (χ4v) is 3.82. The van der Waals surface area contributed by atoms with Crippen LogP contribution in [0.2, 0.25) is 0 Å². The number of esters is 2. The van der Waals surface area contributed by atoms with Crippen molar-refractivity contribution in [3.8, 4) is 11.1 Å². The van der Waals surface area contributed by atoms with Crippen LogP contribution in [0.1, 0.15) is 50.7 Å². The quantitative estimate of drug-likeness (QED) is 0.482. The third-order valence-electron chi connectivity index (χ3n) is 5.47. The molecule has 1 amide bonds. The van der Waals surface area contributed by atoms with E-state index in [-0.39, 0.29) is 12.5 Å². The highest BCUT2D eigenvalue weighted by molar-refractivity contribution is 5.91. The molecule has 2 aromatic carbocycles. The topological polar surface area (TPSA) is 119 Å². The predicted molar refractivity (Wildman–Crippen MR) is 119 cm³/mol. The average molecular weight is 453 g/mol. The second-order valence-electron chi connectivity index (χ2n) is 8.96. The Labute approximate surface area is 191 Å². The van der Waals surface area contributed by atoms with Crippen molar-refractivity contribution in [3.05, 3.63) is 59.7 Å². The van der Waals surface area contributed by atoms with Crippen molar-refractivity contribution >= 4 is 24.0 Å². The zero-order chi connectivity index (χ0) is 24.2. The molecule has 1 aliphatic carbocycles. The standard InChI is InChI=1S/C25H27NO7/c1-25(2,3)22(23(30)33-21(29)13-12-20(27)28)26-24(31)32-14-19-17-10-6-4-8-15(17)16-9-5-7-11-18(16)19/h4-11,19,22H,12-14H2,1-3H3,(H,26,31)(H,27,28)/t22-/m1/s1. The van der Waals surface area contributed by atoms with Crippen LogP contribution in [-0.2, 0) is 23.9 Å². The zero-order valence-corrected chi connectivity index (χ0v) is 18.8. The summed E-state index contributed by atoms with van der Waals surface area (Å²) in [4.78, 5) is 47.4. The number of hydrogen-bond donors (Lipinski definition) is 2. The van der Waals surface area contributed by atoms with Gasteiger partial charge in [-0.05, 0) is 27.7 Å². The molecule has 2 aromatic rings. The Balaban J connectivity index is 1.65. The maximum atomic E-state index is 12.6. The van der Waals surface area contributed by atoms with Gasteiger partial charge in [-0.1, -0.05) is 69.3 Å². The number of carboxylic acid groups (broad SMARTS) is 1. The first kappa shape index (κ1) is 24.0. The lowest BCUT2D eigenvalue weighted by atomic mass is 9.87. The molecule has 0 heterocycles. The van der Waals surface area contributed by atoms with E-state index in [4.69, 9.17) is 14.6 Å². The first-order chi connectivity index (χ1) is 15.6. The maximum absolute atomic E-state index is 12.6. The Morgan fingerprint density at radius 1 is 0.939 bits per heavy atom. The number of ether oxygens (including phenoxy) is 2. The van der Waals surface area contributed by atoms with Gasteiger partial charge < -0.3 is 19.9 Å². The van der Waals surface area contributed by atoms with Gasteiger partial charge in [0.25, 0.3) is 0 Å². The van der Waals surface area contributed by atoms with Crippen molar-refractivity contribution < 1.29 is 33.8 Å². The summed E-state index contributed by atoms with van der Waals surface area (Å²) < 4.78 is 10.2. The fourth-order valence-electron chi connectivity index (χ4n) is 3.82. The highest BCUT2D eigenvalue weighted by Crippen LogP contribution is 2.44. The van der Waals surface area contributed by atoms with Crippen molar-refractivity contribution in [1.29, 1.82) is 0 Å². The summed E-state index contributed by atoms with van der Waals surface area (Å²) in [6, 6.07) is 14.7. The molecule has 0 saturated carbocycles. The summed E-state index contributed by atoms with van der Waals surface area (Å²) in [6.45, 7) is 5.17. The molecule has 33 heavy (non-hydrogen) atoms. The maximum Gasteiger partial charge on any atom is 0.407 e. The lowest BCUT2D eigenvalue weighted by Crippen LogP contribution is -2.50. The number of carbonyl (C=O) groups excluding carboxylic acids is 3. The molecule has 1 aliphatic rings. The molecule has 8 heteroatoms. The Morgan fingerprint density at radius 3 is 2.00 bits per heavy atom. The number of amides is 1. The first-order valence-corrected chi connectivity index (χ1v) is 10.7. The van der Waals surface area contributed by atoms with Gasteiger partial charge >= 0.3 is 24.0 Å². The van der Waals surface area contributed by atoms with Crippen molar-refractivity contribution in [2.24, 2.45) is 5.41 Å². The number of carbonyl (C=O) groups is 4. The number of benzene rings is 2. The van der Waals surface area contributed by atoms with Crippen LogP contribution >= 0.6 is 0 Å². The lowest BCUT2D eigenvalue weighted by Gasteiger charge is -2.29. The Hall–Kier alpha value is -3.68. The number of nitrogens with one attached hydrogen (secondary N) is 1. The molecule has 1 atom stereocenters. The van der Waals surface area contributed by atoms with Gasteiger partial charge in [0.15, 0.2) is 0 Å². The van der Waals surface area contributed by atoms with E-state index in [9.17, 15) is 19.2 Å². The normalized spacial score (nSPS) is 13.4. The van der Waals surface area contributed by atoms with E-state index in [0.717, 1.165) is 22.3 Å². The van der Waals surface area contributed by atoms with Crippen LogP contribution in [0.4, 0.5) is 4.79 Å². The molecule has 0 radical (unpaired) electrons. The molecule has 0 saturated heterocycles. The minimum atomic E-state index is -1.18. The van der Waals surface area contributed by atoms with Gasteiger partial charge in [0.05, 0.1) is 12.8 Å². The van der Waals surface area contributed by atoms with Crippen LogP contribution in [0.5, 0.6) is 0 Å². The molecule has 0 fully saturated rings. The SMILES string of the molecule is CC(C)(C)[C@H](NC(=O)OCC1c2ccccc2-c2ccccc21)C(=O)OC(=O)CCC(=O)O. The summed E-state index contributed by atoms with van der Waals surface area (Å²) >= 11 is 0. The average Bonchev–Trinajstić information content (AvgIpc) is 3.07. The summed E-state index contributed by atoms with van der Waals surface area (Å²) in [6.07, 6.45) is -1.71. The van der Waals surface area contributed by atoms with Crippen LogP contribution in [0.25, 0.3) is 11.1 Å². The largest absolute Gasteiger partial charge is 0.481 e. The van der Waals surface area contributed by atoms with Gasteiger partial charge in [-0.2, -0.15) is 0 Å². The van der Waals surface area contributed by atoms with Gasteiger partial charge in [0.2, 0.25) is 0 Å². The van der Waals surface area contributed by atoms with Crippen molar-refractivity contribution in [2.45, 2.75) is 45.6 Å². The Kier molecular flexibility index (Phi) is 7.16. The fraction of sp³-hybridized carbons (Fsp3) is 0.360. The molecule has 174 valence electrons. The molecule has 0 unspecified atom stereocenters. The molecular weight excluding hydrogens is 426 g/mol. The van der Waals surface area contributed by atoms with Crippen LogP contribution < -0.4 is 5.32 Å². The van der Waals surface area contributed by atoms with Crippen LogP contribution in [-0.4, -0.2) is 41.8 Å². The van der Waals surface area contributed by atoms with Crippen LogP contribution in [0.3, 0.4) is 0 Å². The smallest absolute Gasteiger partial charge is 0.407 e. The monoisotopic (exact) mass is 453 g/mol. The van der Waals surface area contributed by atoms with E-state index < -0.39 is 48.3 Å². The molecule has 2 N–H and O–H groups in total. The summed E-state index contributed by atoms with van der Waals surface area (Å²) in [5.41, 5.74) is 3.52. The van der Waals surface area contributed by atoms with Crippen molar-refractivity contribution in [2.75, 3.05) is 6.61 Å². The second-order valence-corrected chi connectivity index (χ2v) is 8.96. The molecule has 0 aliphatic heterocycles.